The van der Waals surface area contributed by atoms with Gasteiger partial charge in [-0.2, -0.15) is 0 Å². The molecule has 0 radical (unpaired) electrons. The third-order valence-corrected chi connectivity index (χ3v) is 6.52. The molecule has 4 aromatic rings. The third-order valence-electron chi connectivity index (χ3n) is 4.59. The Morgan fingerprint density at radius 2 is 1.90 bits per heavy atom. The second kappa shape index (κ2) is 8.39. The van der Waals surface area contributed by atoms with Gasteiger partial charge in [0.1, 0.15) is 0 Å². The Kier molecular flexibility index (Phi) is 5.69. The molecule has 0 saturated heterocycles. The summed E-state index contributed by atoms with van der Waals surface area (Å²) in [5, 5.41) is 15.8. The molecule has 29 heavy (non-hydrogen) atoms. The van der Waals surface area contributed by atoms with Crippen LogP contribution in [-0.2, 0) is 11.3 Å². The molecule has 2 aromatic carbocycles. The maximum Gasteiger partial charge on any atom is 0.234 e. The SMILES string of the molecule is CCn1c(SCC(=O)Nc2cc(C)cc(C)c2)nnc1-c1csc2ccccc12. The number of amides is 1. The zero-order valence-electron chi connectivity index (χ0n) is 16.6. The summed E-state index contributed by atoms with van der Waals surface area (Å²) in [6.45, 7) is 6.86. The Morgan fingerprint density at radius 3 is 2.66 bits per heavy atom. The highest BCUT2D eigenvalue weighted by Crippen LogP contribution is 2.34. The smallest absolute Gasteiger partial charge is 0.234 e. The van der Waals surface area contributed by atoms with E-state index in [0.29, 0.717) is 0 Å². The summed E-state index contributed by atoms with van der Waals surface area (Å²) >= 11 is 3.12. The molecule has 7 heteroatoms. The number of hydrogen-bond donors (Lipinski definition) is 1. The largest absolute Gasteiger partial charge is 0.325 e. The monoisotopic (exact) mass is 422 g/mol. The molecule has 5 nitrogen and oxygen atoms in total. The number of thiophene rings is 1. The fourth-order valence-electron chi connectivity index (χ4n) is 3.40. The van der Waals surface area contributed by atoms with Gasteiger partial charge in [0.05, 0.1) is 5.75 Å². The maximum absolute atomic E-state index is 12.4. The zero-order valence-corrected chi connectivity index (χ0v) is 18.2. The Labute approximate surface area is 178 Å². The first-order chi connectivity index (χ1) is 14.0. The Morgan fingerprint density at radius 1 is 1.14 bits per heavy atom. The van der Waals surface area contributed by atoms with E-state index in [2.05, 4.69) is 50.6 Å². The summed E-state index contributed by atoms with van der Waals surface area (Å²) in [4.78, 5) is 12.4. The number of rotatable bonds is 6. The number of nitrogens with one attached hydrogen (secondary N) is 1. The summed E-state index contributed by atoms with van der Waals surface area (Å²) in [6.07, 6.45) is 0. The average molecular weight is 423 g/mol. The van der Waals surface area contributed by atoms with Crippen molar-refractivity contribution in [2.24, 2.45) is 0 Å². The standard InChI is InChI=1S/C22H22N4OS2/c1-4-26-21(18-12-28-19-8-6-5-7-17(18)19)24-25-22(26)29-13-20(27)23-16-10-14(2)9-15(3)11-16/h5-12H,4,13H2,1-3H3,(H,23,27). The van der Waals surface area contributed by atoms with Gasteiger partial charge in [-0.1, -0.05) is 36.0 Å². The summed E-state index contributed by atoms with van der Waals surface area (Å²) in [5.74, 6) is 1.09. The van der Waals surface area contributed by atoms with Gasteiger partial charge in [0.15, 0.2) is 11.0 Å². The Bertz CT molecular complexity index is 1160. The highest BCUT2D eigenvalue weighted by atomic mass is 32.2. The summed E-state index contributed by atoms with van der Waals surface area (Å²) in [5.41, 5.74) is 4.18. The second-order valence-electron chi connectivity index (χ2n) is 6.91. The van der Waals surface area contributed by atoms with E-state index >= 15 is 0 Å². The number of carbonyl (C=O) groups excluding carboxylic acids is 1. The molecule has 0 unspecified atom stereocenters. The molecule has 0 aliphatic rings. The van der Waals surface area contributed by atoms with Crippen molar-refractivity contribution in [2.45, 2.75) is 32.5 Å². The molecule has 0 fully saturated rings. The van der Waals surface area contributed by atoms with Crippen molar-refractivity contribution in [2.75, 3.05) is 11.1 Å². The van der Waals surface area contributed by atoms with Crippen LogP contribution in [0.25, 0.3) is 21.5 Å². The molecule has 1 N–H and O–H groups in total. The molecular weight excluding hydrogens is 400 g/mol. The highest BCUT2D eigenvalue weighted by Gasteiger charge is 2.17. The lowest BCUT2D eigenvalue weighted by Crippen LogP contribution is -2.15. The van der Waals surface area contributed by atoms with Crippen molar-refractivity contribution in [1.29, 1.82) is 0 Å². The Hall–Kier alpha value is -2.64. The van der Waals surface area contributed by atoms with E-state index in [-0.39, 0.29) is 11.7 Å². The molecule has 0 aliphatic heterocycles. The van der Waals surface area contributed by atoms with E-state index in [4.69, 9.17) is 0 Å². The first-order valence-electron chi connectivity index (χ1n) is 9.46. The van der Waals surface area contributed by atoms with Crippen LogP contribution in [0.1, 0.15) is 18.1 Å². The van der Waals surface area contributed by atoms with E-state index in [1.165, 1.54) is 21.8 Å². The van der Waals surface area contributed by atoms with Gasteiger partial charge >= 0.3 is 0 Å². The summed E-state index contributed by atoms with van der Waals surface area (Å²) < 4.78 is 3.30. The minimum Gasteiger partial charge on any atom is -0.325 e. The number of carbonyl (C=O) groups is 1. The molecule has 0 spiro atoms. The van der Waals surface area contributed by atoms with Gasteiger partial charge in [0.25, 0.3) is 0 Å². The third kappa shape index (κ3) is 4.21. The fourth-order valence-corrected chi connectivity index (χ4v) is 5.15. The van der Waals surface area contributed by atoms with Crippen molar-refractivity contribution < 1.29 is 4.79 Å². The van der Waals surface area contributed by atoms with Gasteiger partial charge in [-0.25, -0.2) is 0 Å². The van der Waals surface area contributed by atoms with Crippen LogP contribution >= 0.6 is 23.1 Å². The van der Waals surface area contributed by atoms with Gasteiger partial charge in [0, 0.05) is 33.3 Å². The molecule has 4 rings (SSSR count). The van der Waals surface area contributed by atoms with E-state index < -0.39 is 0 Å². The predicted molar refractivity (Wildman–Crippen MR) is 122 cm³/mol. The highest BCUT2D eigenvalue weighted by molar-refractivity contribution is 7.99. The molecule has 1 amide bonds. The summed E-state index contributed by atoms with van der Waals surface area (Å²) in [7, 11) is 0. The molecule has 0 bridgehead atoms. The number of hydrogen-bond acceptors (Lipinski definition) is 5. The number of aryl methyl sites for hydroxylation is 2. The maximum atomic E-state index is 12.4. The first kappa shape index (κ1) is 19.7. The number of fused-ring (bicyclic) bond motifs is 1. The van der Waals surface area contributed by atoms with Gasteiger partial charge in [-0.05, 0) is 50.1 Å². The topological polar surface area (TPSA) is 59.8 Å². The molecule has 148 valence electrons. The van der Waals surface area contributed by atoms with Crippen LogP contribution in [0.15, 0.2) is 53.0 Å². The Balaban J connectivity index is 1.50. The second-order valence-corrected chi connectivity index (χ2v) is 8.76. The van der Waals surface area contributed by atoms with Crippen molar-refractivity contribution in [1.82, 2.24) is 14.8 Å². The van der Waals surface area contributed by atoms with Crippen LogP contribution in [0.4, 0.5) is 5.69 Å². The minimum absolute atomic E-state index is 0.0480. The minimum atomic E-state index is -0.0480. The van der Waals surface area contributed by atoms with Crippen molar-refractivity contribution in [3.63, 3.8) is 0 Å². The summed E-state index contributed by atoms with van der Waals surface area (Å²) in [6, 6.07) is 14.3. The van der Waals surface area contributed by atoms with Crippen LogP contribution in [0.5, 0.6) is 0 Å². The van der Waals surface area contributed by atoms with Crippen molar-refractivity contribution in [3.8, 4) is 11.4 Å². The lowest BCUT2D eigenvalue weighted by atomic mass is 10.1. The molecular formula is C22H22N4OS2. The molecule has 2 aromatic heterocycles. The van der Waals surface area contributed by atoms with Crippen molar-refractivity contribution >= 4 is 44.8 Å². The average Bonchev–Trinajstić information content (AvgIpc) is 3.28. The predicted octanol–water partition coefficient (Wildman–Crippen LogP) is 5.53. The van der Waals surface area contributed by atoms with E-state index in [9.17, 15) is 4.79 Å². The molecule has 0 saturated carbocycles. The normalized spacial score (nSPS) is 11.1. The van der Waals surface area contributed by atoms with Crippen LogP contribution in [0.2, 0.25) is 0 Å². The first-order valence-corrected chi connectivity index (χ1v) is 11.3. The molecule has 0 aliphatic carbocycles. The van der Waals surface area contributed by atoms with Crippen LogP contribution in [0, 0.1) is 13.8 Å². The number of anilines is 1. The number of nitrogens with zero attached hydrogens (tertiary/aromatic N) is 3. The molecule has 0 atom stereocenters. The molecule has 2 heterocycles. The van der Waals surface area contributed by atoms with Gasteiger partial charge < -0.3 is 9.88 Å². The van der Waals surface area contributed by atoms with Gasteiger partial charge in [-0.3, -0.25) is 4.79 Å². The lowest BCUT2D eigenvalue weighted by molar-refractivity contribution is -0.113. The number of benzene rings is 2. The lowest BCUT2D eigenvalue weighted by Gasteiger charge is -2.09. The zero-order chi connectivity index (χ0) is 20.4. The van der Waals surface area contributed by atoms with Gasteiger partial charge in [0.2, 0.25) is 5.91 Å². The number of aromatic nitrogens is 3. The van der Waals surface area contributed by atoms with Crippen LogP contribution in [-0.4, -0.2) is 26.4 Å². The van der Waals surface area contributed by atoms with Gasteiger partial charge in [-0.15, -0.1) is 21.5 Å². The van der Waals surface area contributed by atoms with Crippen LogP contribution in [0.3, 0.4) is 0 Å². The quantitative estimate of drug-likeness (QED) is 0.415. The van der Waals surface area contributed by atoms with Crippen molar-refractivity contribution in [3.05, 3.63) is 59.0 Å². The van der Waals surface area contributed by atoms with E-state index in [0.717, 1.165) is 39.9 Å². The number of thioether (sulfide) groups is 1. The fraction of sp³-hybridized carbons (Fsp3) is 0.227. The van der Waals surface area contributed by atoms with Crippen LogP contribution < -0.4 is 5.32 Å². The van der Waals surface area contributed by atoms with E-state index in [1.54, 1.807) is 11.3 Å². The van der Waals surface area contributed by atoms with E-state index in [1.807, 2.05) is 38.1 Å².